The molecule has 0 aliphatic rings. The average Bonchev–Trinajstić information content (AvgIpc) is 2.41. The predicted molar refractivity (Wildman–Crippen MR) is 67.6 cm³/mol. The SMILES string of the molecule is CNC(=O)c1cnc(Nc2ccc(F)cn2)nc1C. The monoisotopic (exact) mass is 261 g/mol. The van der Waals surface area contributed by atoms with Gasteiger partial charge in [0.1, 0.15) is 11.6 Å². The van der Waals surface area contributed by atoms with Crippen LogP contribution in [-0.4, -0.2) is 27.9 Å². The molecule has 0 saturated carbocycles. The van der Waals surface area contributed by atoms with Gasteiger partial charge in [0.05, 0.1) is 17.5 Å². The van der Waals surface area contributed by atoms with Gasteiger partial charge >= 0.3 is 0 Å². The van der Waals surface area contributed by atoms with Crippen molar-refractivity contribution in [2.24, 2.45) is 0 Å². The first kappa shape index (κ1) is 12.9. The molecular formula is C12H12FN5O. The smallest absolute Gasteiger partial charge is 0.254 e. The molecule has 2 N–H and O–H groups in total. The molecule has 0 radical (unpaired) electrons. The minimum absolute atomic E-state index is 0.246. The van der Waals surface area contributed by atoms with E-state index in [2.05, 4.69) is 25.6 Å². The van der Waals surface area contributed by atoms with Gasteiger partial charge in [-0.25, -0.2) is 19.3 Å². The Morgan fingerprint density at radius 2 is 2.05 bits per heavy atom. The average molecular weight is 261 g/mol. The van der Waals surface area contributed by atoms with Gasteiger partial charge in [-0.1, -0.05) is 0 Å². The molecule has 6 nitrogen and oxygen atoms in total. The van der Waals surface area contributed by atoms with Gasteiger partial charge in [-0.05, 0) is 19.1 Å². The highest BCUT2D eigenvalue weighted by Crippen LogP contribution is 2.12. The molecule has 2 heterocycles. The Morgan fingerprint density at radius 1 is 1.26 bits per heavy atom. The number of hydrogen-bond donors (Lipinski definition) is 2. The Kier molecular flexibility index (Phi) is 3.65. The van der Waals surface area contributed by atoms with Crippen molar-refractivity contribution in [3.05, 3.63) is 41.6 Å². The third kappa shape index (κ3) is 3.01. The summed E-state index contributed by atoms with van der Waals surface area (Å²) < 4.78 is 12.7. The lowest BCUT2D eigenvalue weighted by atomic mass is 10.2. The number of nitrogens with one attached hydrogen (secondary N) is 2. The molecule has 0 aliphatic carbocycles. The van der Waals surface area contributed by atoms with Gasteiger partial charge in [0.15, 0.2) is 0 Å². The highest BCUT2D eigenvalue weighted by molar-refractivity contribution is 5.94. The molecular weight excluding hydrogens is 249 g/mol. The van der Waals surface area contributed by atoms with Gasteiger partial charge in [-0.3, -0.25) is 4.79 Å². The van der Waals surface area contributed by atoms with Crippen molar-refractivity contribution >= 4 is 17.7 Å². The van der Waals surface area contributed by atoms with Crippen molar-refractivity contribution < 1.29 is 9.18 Å². The molecule has 2 aromatic rings. The van der Waals surface area contributed by atoms with Crippen LogP contribution in [0.15, 0.2) is 24.5 Å². The Morgan fingerprint density at radius 3 is 2.63 bits per heavy atom. The summed E-state index contributed by atoms with van der Waals surface area (Å²) in [5, 5.41) is 5.33. The van der Waals surface area contributed by atoms with Crippen molar-refractivity contribution in [2.45, 2.75) is 6.92 Å². The summed E-state index contributed by atoms with van der Waals surface area (Å²) in [5.41, 5.74) is 0.944. The fourth-order valence-corrected chi connectivity index (χ4v) is 1.45. The molecule has 0 unspecified atom stereocenters. The van der Waals surface area contributed by atoms with E-state index in [0.717, 1.165) is 6.20 Å². The predicted octanol–water partition coefficient (Wildman–Crippen LogP) is 1.42. The van der Waals surface area contributed by atoms with E-state index in [1.807, 2.05) is 0 Å². The van der Waals surface area contributed by atoms with Crippen molar-refractivity contribution in [1.82, 2.24) is 20.3 Å². The number of anilines is 2. The summed E-state index contributed by atoms with van der Waals surface area (Å²) in [4.78, 5) is 23.5. The summed E-state index contributed by atoms with van der Waals surface area (Å²) in [7, 11) is 1.54. The second kappa shape index (κ2) is 5.38. The van der Waals surface area contributed by atoms with Crippen LogP contribution >= 0.6 is 0 Å². The summed E-state index contributed by atoms with van der Waals surface area (Å²) >= 11 is 0. The van der Waals surface area contributed by atoms with Crippen LogP contribution in [0.25, 0.3) is 0 Å². The zero-order chi connectivity index (χ0) is 13.8. The fourth-order valence-electron chi connectivity index (χ4n) is 1.45. The number of halogens is 1. The maximum Gasteiger partial charge on any atom is 0.254 e. The first-order chi connectivity index (χ1) is 9.10. The molecule has 0 aromatic carbocycles. The summed E-state index contributed by atoms with van der Waals surface area (Å²) in [5.74, 6) is 0.0549. The minimum atomic E-state index is -0.419. The largest absolute Gasteiger partial charge is 0.355 e. The molecule has 0 aliphatic heterocycles. The molecule has 0 atom stereocenters. The van der Waals surface area contributed by atoms with Crippen LogP contribution in [0.4, 0.5) is 16.2 Å². The maximum absolute atomic E-state index is 12.7. The molecule has 0 fully saturated rings. The second-order valence-electron chi connectivity index (χ2n) is 3.76. The Labute approximate surface area is 109 Å². The molecule has 2 aromatic heterocycles. The first-order valence-corrected chi connectivity index (χ1v) is 5.54. The number of aromatic nitrogens is 3. The normalized spacial score (nSPS) is 10.1. The van der Waals surface area contributed by atoms with E-state index in [4.69, 9.17) is 0 Å². The fraction of sp³-hybridized carbons (Fsp3) is 0.167. The number of rotatable bonds is 3. The lowest BCUT2D eigenvalue weighted by molar-refractivity contribution is 0.0961. The van der Waals surface area contributed by atoms with E-state index in [9.17, 15) is 9.18 Å². The molecule has 19 heavy (non-hydrogen) atoms. The molecule has 2 rings (SSSR count). The van der Waals surface area contributed by atoms with Crippen LogP contribution in [0.3, 0.4) is 0 Å². The highest BCUT2D eigenvalue weighted by atomic mass is 19.1. The lowest BCUT2D eigenvalue weighted by Gasteiger charge is -2.07. The number of amides is 1. The topological polar surface area (TPSA) is 79.8 Å². The van der Waals surface area contributed by atoms with E-state index < -0.39 is 5.82 Å². The minimum Gasteiger partial charge on any atom is -0.355 e. The summed E-state index contributed by atoms with van der Waals surface area (Å²) in [6.07, 6.45) is 2.51. The van der Waals surface area contributed by atoms with Crippen LogP contribution in [0.1, 0.15) is 16.1 Å². The molecule has 98 valence electrons. The molecule has 1 amide bonds. The van der Waals surface area contributed by atoms with Crippen molar-refractivity contribution in [3.8, 4) is 0 Å². The molecule has 0 bridgehead atoms. The third-order valence-corrected chi connectivity index (χ3v) is 2.42. The van der Waals surface area contributed by atoms with Gasteiger partial charge in [-0.15, -0.1) is 0 Å². The number of pyridine rings is 1. The van der Waals surface area contributed by atoms with E-state index in [-0.39, 0.29) is 5.91 Å². The van der Waals surface area contributed by atoms with Gasteiger partial charge in [0, 0.05) is 13.2 Å². The quantitative estimate of drug-likeness (QED) is 0.873. The van der Waals surface area contributed by atoms with Crippen LogP contribution in [0.5, 0.6) is 0 Å². The zero-order valence-corrected chi connectivity index (χ0v) is 10.4. The third-order valence-electron chi connectivity index (χ3n) is 2.42. The second-order valence-corrected chi connectivity index (χ2v) is 3.76. The maximum atomic E-state index is 12.7. The van der Waals surface area contributed by atoms with Gasteiger partial charge in [0.25, 0.3) is 5.91 Å². The van der Waals surface area contributed by atoms with Gasteiger partial charge in [0.2, 0.25) is 5.95 Å². The van der Waals surface area contributed by atoms with Crippen molar-refractivity contribution in [1.29, 1.82) is 0 Å². The number of carbonyl (C=O) groups is 1. The van der Waals surface area contributed by atoms with Crippen molar-refractivity contribution in [2.75, 3.05) is 12.4 Å². The van der Waals surface area contributed by atoms with Crippen LogP contribution in [0.2, 0.25) is 0 Å². The molecule has 0 saturated heterocycles. The van der Waals surface area contributed by atoms with Crippen LogP contribution < -0.4 is 10.6 Å². The van der Waals surface area contributed by atoms with Crippen LogP contribution in [0, 0.1) is 12.7 Å². The summed E-state index contributed by atoms with van der Waals surface area (Å²) in [6, 6.07) is 2.75. The van der Waals surface area contributed by atoms with E-state index in [0.29, 0.717) is 23.0 Å². The van der Waals surface area contributed by atoms with Crippen LogP contribution in [-0.2, 0) is 0 Å². The standard InChI is InChI=1S/C12H12FN5O/c1-7-9(11(19)14-2)6-16-12(17-7)18-10-4-3-8(13)5-15-10/h3-6H,1-2H3,(H,14,19)(H,15,16,17,18). The summed E-state index contributed by atoms with van der Waals surface area (Å²) in [6.45, 7) is 1.70. The van der Waals surface area contributed by atoms with E-state index >= 15 is 0 Å². The van der Waals surface area contributed by atoms with E-state index in [1.54, 1.807) is 6.92 Å². The number of hydrogen-bond acceptors (Lipinski definition) is 5. The number of aryl methyl sites for hydroxylation is 1. The van der Waals surface area contributed by atoms with E-state index in [1.165, 1.54) is 25.4 Å². The Bertz CT molecular complexity index is 600. The lowest BCUT2D eigenvalue weighted by Crippen LogP contribution is -2.20. The van der Waals surface area contributed by atoms with Gasteiger partial charge in [-0.2, -0.15) is 0 Å². The Balaban J connectivity index is 2.20. The number of carbonyl (C=O) groups excluding carboxylic acids is 1. The number of nitrogens with zero attached hydrogens (tertiary/aromatic N) is 3. The van der Waals surface area contributed by atoms with Gasteiger partial charge < -0.3 is 10.6 Å². The van der Waals surface area contributed by atoms with Crippen molar-refractivity contribution in [3.63, 3.8) is 0 Å². The highest BCUT2D eigenvalue weighted by Gasteiger charge is 2.10. The zero-order valence-electron chi connectivity index (χ0n) is 10.4. The first-order valence-electron chi connectivity index (χ1n) is 5.54. The molecule has 0 spiro atoms. The molecule has 7 heteroatoms. The Hall–Kier alpha value is -2.57.